The molecule has 0 aromatic heterocycles. The number of hydrogen-bond acceptors (Lipinski definition) is 2. The summed E-state index contributed by atoms with van der Waals surface area (Å²) in [6.45, 7) is 4.21. The van der Waals surface area contributed by atoms with Crippen LogP contribution in [-0.4, -0.2) is 25.0 Å². The van der Waals surface area contributed by atoms with Crippen molar-refractivity contribution in [1.29, 1.82) is 0 Å². The van der Waals surface area contributed by atoms with E-state index in [1.165, 1.54) is 31.2 Å². The van der Waals surface area contributed by atoms with Gasteiger partial charge in [-0.05, 0) is 68.8 Å². The lowest BCUT2D eigenvalue weighted by Crippen LogP contribution is -2.33. The van der Waals surface area contributed by atoms with Gasteiger partial charge in [0.1, 0.15) is 0 Å². The van der Waals surface area contributed by atoms with Crippen LogP contribution in [0.4, 0.5) is 0 Å². The Bertz CT molecular complexity index is 506. The number of nitrogens with one attached hydrogen (secondary N) is 2. The molecule has 1 aromatic carbocycles. The third-order valence-corrected chi connectivity index (χ3v) is 5.01. The molecule has 3 rings (SSSR count). The number of amides is 1. The highest BCUT2D eigenvalue weighted by Gasteiger charge is 2.21. The molecule has 0 spiro atoms. The number of benzene rings is 1. The average Bonchev–Trinajstić information content (AvgIpc) is 3.01. The van der Waals surface area contributed by atoms with Crippen LogP contribution in [0.2, 0.25) is 0 Å². The molecule has 22 heavy (non-hydrogen) atoms. The molecule has 1 heterocycles. The number of aryl methyl sites for hydroxylation is 1. The summed E-state index contributed by atoms with van der Waals surface area (Å²) >= 11 is 0. The molecule has 1 aliphatic heterocycles. The zero-order valence-electron chi connectivity index (χ0n) is 13.4. The Balaban J connectivity index is 0.00000176. The molecular weight excluding hydrogens is 296 g/mol. The van der Waals surface area contributed by atoms with E-state index in [1.807, 2.05) is 6.92 Å². The van der Waals surface area contributed by atoms with Crippen LogP contribution in [0, 0.1) is 6.92 Å². The first kappa shape index (κ1) is 17.3. The third kappa shape index (κ3) is 4.02. The lowest BCUT2D eigenvalue weighted by molar-refractivity contribution is 0.0937. The van der Waals surface area contributed by atoms with Gasteiger partial charge in [-0.2, -0.15) is 0 Å². The van der Waals surface area contributed by atoms with E-state index in [0.29, 0.717) is 12.0 Å². The van der Waals surface area contributed by atoms with E-state index in [0.717, 1.165) is 37.1 Å². The Morgan fingerprint density at radius 1 is 1.14 bits per heavy atom. The average molecular weight is 323 g/mol. The Labute approximate surface area is 139 Å². The molecule has 1 saturated carbocycles. The first-order valence-electron chi connectivity index (χ1n) is 8.36. The molecule has 0 atom stereocenters. The van der Waals surface area contributed by atoms with Gasteiger partial charge in [-0.25, -0.2) is 0 Å². The van der Waals surface area contributed by atoms with Gasteiger partial charge >= 0.3 is 0 Å². The van der Waals surface area contributed by atoms with Crippen LogP contribution >= 0.6 is 12.4 Å². The zero-order valence-corrected chi connectivity index (χ0v) is 14.2. The Morgan fingerprint density at radius 3 is 2.50 bits per heavy atom. The Hall–Kier alpha value is -1.06. The lowest BCUT2D eigenvalue weighted by Gasteiger charge is -2.24. The first-order valence-corrected chi connectivity index (χ1v) is 8.36. The molecule has 4 heteroatoms. The van der Waals surface area contributed by atoms with Crippen molar-refractivity contribution >= 4 is 18.3 Å². The third-order valence-electron chi connectivity index (χ3n) is 5.01. The summed E-state index contributed by atoms with van der Waals surface area (Å²) in [6.07, 6.45) is 7.12. The molecular formula is C18H27ClN2O. The van der Waals surface area contributed by atoms with Gasteiger partial charge in [-0.3, -0.25) is 4.79 Å². The number of rotatable bonds is 3. The fourth-order valence-corrected chi connectivity index (χ4v) is 3.63. The maximum atomic E-state index is 12.5. The minimum absolute atomic E-state index is 0. The van der Waals surface area contributed by atoms with Gasteiger partial charge in [0.2, 0.25) is 0 Å². The van der Waals surface area contributed by atoms with Gasteiger partial charge in [-0.1, -0.05) is 25.0 Å². The van der Waals surface area contributed by atoms with Gasteiger partial charge in [0.25, 0.3) is 5.91 Å². The number of carbonyl (C=O) groups excluding carboxylic acids is 1. The number of hydrogen-bond donors (Lipinski definition) is 2. The zero-order chi connectivity index (χ0) is 14.7. The maximum absolute atomic E-state index is 12.5. The van der Waals surface area contributed by atoms with Crippen molar-refractivity contribution in [3.05, 3.63) is 34.9 Å². The summed E-state index contributed by atoms with van der Waals surface area (Å²) in [5.74, 6) is 0.722. The molecule has 1 saturated heterocycles. The highest BCUT2D eigenvalue weighted by Crippen LogP contribution is 2.27. The molecule has 0 bridgehead atoms. The minimum Gasteiger partial charge on any atom is -0.349 e. The topological polar surface area (TPSA) is 41.1 Å². The van der Waals surface area contributed by atoms with E-state index in [4.69, 9.17) is 0 Å². The number of halogens is 1. The van der Waals surface area contributed by atoms with E-state index >= 15 is 0 Å². The predicted octanol–water partition coefficient (Wildman–Crippen LogP) is 3.56. The Kier molecular flexibility index (Phi) is 6.27. The number of piperidine rings is 1. The van der Waals surface area contributed by atoms with Gasteiger partial charge in [-0.15, -0.1) is 12.4 Å². The second-order valence-electron chi connectivity index (χ2n) is 6.55. The van der Waals surface area contributed by atoms with Crippen molar-refractivity contribution in [2.75, 3.05) is 13.1 Å². The second-order valence-corrected chi connectivity index (χ2v) is 6.55. The molecule has 2 aliphatic rings. The van der Waals surface area contributed by atoms with E-state index < -0.39 is 0 Å². The molecule has 1 aliphatic carbocycles. The molecule has 2 N–H and O–H groups in total. The molecule has 1 amide bonds. The lowest BCUT2D eigenvalue weighted by atomic mass is 9.88. The Morgan fingerprint density at radius 2 is 1.82 bits per heavy atom. The van der Waals surface area contributed by atoms with Crippen molar-refractivity contribution in [2.24, 2.45) is 0 Å². The van der Waals surface area contributed by atoms with Crippen LogP contribution in [0.3, 0.4) is 0 Å². The van der Waals surface area contributed by atoms with Crippen molar-refractivity contribution in [3.63, 3.8) is 0 Å². The molecule has 2 fully saturated rings. The fourth-order valence-electron chi connectivity index (χ4n) is 3.63. The van der Waals surface area contributed by atoms with E-state index in [1.54, 1.807) is 0 Å². The van der Waals surface area contributed by atoms with Crippen LogP contribution in [-0.2, 0) is 0 Å². The van der Waals surface area contributed by atoms with Crippen LogP contribution in [0.15, 0.2) is 18.2 Å². The number of carbonyl (C=O) groups is 1. The maximum Gasteiger partial charge on any atom is 0.251 e. The summed E-state index contributed by atoms with van der Waals surface area (Å²) in [4.78, 5) is 12.5. The summed E-state index contributed by atoms with van der Waals surface area (Å²) < 4.78 is 0. The fraction of sp³-hybridized carbons (Fsp3) is 0.611. The predicted molar refractivity (Wildman–Crippen MR) is 93.0 cm³/mol. The summed E-state index contributed by atoms with van der Waals surface area (Å²) in [6, 6.07) is 6.84. The molecule has 1 aromatic rings. The quantitative estimate of drug-likeness (QED) is 0.893. The van der Waals surface area contributed by atoms with Gasteiger partial charge in [0, 0.05) is 11.6 Å². The van der Waals surface area contributed by atoms with Crippen molar-refractivity contribution < 1.29 is 4.79 Å². The first-order chi connectivity index (χ1) is 10.2. The molecule has 122 valence electrons. The van der Waals surface area contributed by atoms with Crippen molar-refractivity contribution in [2.45, 2.75) is 57.4 Å². The summed E-state index contributed by atoms with van der Waals surface area (Å²) in [5.41, 5.74) is 3.29. The van der Waals surface area contributed by atoms with Crippen LogP contribution in [0.5, 0.6) is 0 Å². The standard InChI is InChI=1S/C18H26N2O.ClH/c1-13-6-7-15(14-8-10-19-11-9-14)12-17(13)18(21)20-16-4-2-3-5-16;/h6-7,12,14,16,19H,2-5,8-11H2,1H3,(H,20,21);1H. The van der Waals surface area contributed by atoms with E-state index in [2.05, 4.69) is 28.8 Å². The monoisotopic (exact) mass is 322 g/mol. The van der Waals surface area contributed by atoms with Crippen molar-refractivity contribution in [3.8, 4) is 0 Å². The SMILES string of the molecule is Cc1ccc(C2CCNCC2)cc1C(=O)NC1CCCC1.Cl. The van der Waals surface area contributed by atoms with Crippen molar-refractivity contribution in [1.82, 2.24) is 10.6 Å². The van der Waals surface area contributed by atoms with Gasteiger partial charge in [0.05, 0.1) is 0 Å². The highest BCUT2D eigenvalue weighted by molar-refractivity contribution is 5.96. The van der Waals surface area contributed by atoms with Gasteiger partial charge < -0.3 is 10.6 Å². The summed E-state index contributed by atoms with van der Waals surface area (Å²) in [5, 5.41) is 6.62. The largest absolute Gasteiger partial charge is 0.349 e. The molecule has 0 radical (unpaired) electrons. The second kappa shape index (κ2) is 7.98. The van der Waals surface area contributed by atoms with E-state index in [-0.39, 0.29) is 18.3 Å². The van der Waals surface area contributed by atoms with Gasteiger partial charge in [0.15, 0.2) is 0 Å². The van der Waals surface area contributed by atoms with Crippen LogP contribution in [0.25, 0.3) is 0 Å². The smallest absolute Gasteiger partial charge is 0.251 e. The summed E-state index contributed by atoms with van der Waals surface area (Å²) in [7, 11) is 0. The molecule has 0 unspecified atom stereocenters. The minimum atomic E-state index is 0. The highest BCUT2D eigenvalue weighted by atomic mass is 35.5. The molecule has 3 nitrogen and oxygen atoms in total. The normalized spacial score (nSPS) is 19.7. The van der Waals surface area contributed by atoms with Crippen LogP contribution in [0.1, 0.15) is 65.9 Å². The van der Waals surface area contributed by atoms with Crippen LogP contribution < -0.4 is 10.6 Å². The van der Waals surface area contributed by atoms with E-state index in [9.17, 15) is 4.79 Å².